The van der Waals surface area contributed by atoms with Crippen molar-refractivity contribution in [3.8, 4) is 0 Å². The van der Waals surface area contributed by atoms with E-state index in [0.29, 0.717) is 10.2 Å². The van der Waals surface area contributed by atoms with Gasteiger partial charge in [-0.05, 0) is 31.0 Å². The van der Waals surface area contributed by atoms with Crippen molar-refractivity contribution in [2.75, 3.05) is 16.4 Å². The molecular weight excluding hydrogens is 392 g/mol. The highest BCUT2D eigenvalue weighted by Gasteiger charge is 2.49. The number of amides is 1. The van der Waals surface area contributed by atoms with Gasteiger partial charge in [-0.15, -0.1) is 0 Å². The summed E-state index contributed by atoms with van der Waals surface area (Å²) in [5.74, 6) is 0.161. The van der Waals surface area contributed by atoms with Gasteiger partial charge in [0.25, 0.3) is 5.91 Å². The number of carbonyl (C=O) groups is 1. The molecule has 2 saturated heterocycles. The maximum Gasteiger partial charge on any atom is 0.251 e. The number of hydrogen-bond donors (Lipinski definition) is 0. The predicted molar refractivity (Wildman–Crippen MR) is 107 cm³/mol. The minimum Gasteiger partial charge on any atom is -0.316 e. The Kier molecular flexibility index (Phi) is 5.05. The normalized spacial score (nSPS) is 29.9. The number of fused-ring (bicyclic) bond motifs is 1. The first-order valence-electron chi connectivity index (χ1n) is 8.97. The fraction of sp³-hybridized carbons (Fsp3) is 0.556. The fourth-order valence-electron chi connectivity index (χ4n) is 4.03. The monoisotopic (exact) mass is 412 g/mol. The Labute approximate surface area is 163 Å². The first-order valence-corrected chi connectivity index (χ1v) is 12.1. The number of carbonyl (C=O) groups excluding carboxylic acids is 1. The van der Waals surface area contributed by atoms with Gasteiger partial charge < -0.3 is 4.90 Å². The zero-order valence-corrected chi connectivity index (χ0v) is 16.7. The molecule has 2 aliphatic heterocycles. The molecule has 0 N–H and O–H groups in total. The molecule has 0 bridgehead atoms. The van der Waals surface area contributed by atoms with Gasteiger partial charge in [-0.2, -0.15) is 4.99 Å². The predicted octanol–water partition coefficient (Wildman–Crippen LogP) is 3.52. The van der Waals surface area contributed by atoms with E-state index in [9.17, 15) is 13.2 Å². The Balaban J connectivity index is 1.67. The van der Waals surface area contributed by atoms with Crippen molar-refractivity contribution in [3.63, 3.8) is 0 Å². The van der Waals surface area contributed by atoms with E-state index in [1.165, 1.54) is 18.2 Å². The van der Waals surface area contributed by atoms with Crippen LogP contribution >= 0.6 is 23.4 Å². The molecule has 0 radical (unpaired) electrons. The van der Waals surface area contributed by atoms with Crippen LogP contribution in [-0.4, -0.2) is 42.3 Å². The molecule has 4 rings (SSSR count). The molecule has 5 nitrogen and oxygen atoms in total. The second-order valence-electron chi connectivity index (χ2n) is 7.22. The highest BCUT2D eigenvalue weighted by molar-refractivity contribution is 8.16. The average Bonchev–Trinajstić information content (AvgIpc) is 3.06. The number of sulfone groups is 1. The van der Waals surface area contributed by atoms with E-state index in [2.05, 4.69) is 4.99 Å². The highest BCUT2D eigenvalue weighted by Crippen LogP contribution is 2.41. The fourth-order valence-corrected chi connectivity index (χ4v) is 8.13. The van der Waals surface area contributed by atoms with Gasteiger partial charge in [-0.25, -0.2) is 8.42 Å². The molecule has 0 spiro atoms. The Morgan fingerprint density at radius 3 is 2.69 bits per heavy atom. The quantitative estimate of drug-likeness (QED) is 0.743. The summed E-state index contributed by atoms with van der Waals surface area (Å²) < 4.78 is 24.2. The van der Waals surface area contributed by atoms with Gasteiger partial charge in [-0.1, -0.05) is 48.7 Å². The largest absolute Gasteiger partial charge is 0.316 e. The van der Waals surface area contributed by atoms with E-state index in [1.807, 2.05) is 17.0 Å². The molecule has 1 saturated carbocycles. The number of amidine groups is 1. The molecule has 26 heavy (non-hydrogen) atoms. The van der Waals surface area contributed by atoms with Crippen molar-refractivity contribution < 1.29 is 13.2 Å². The van der Waals surface area contributed by atoms with Crippen molar-refractivity contribution in [2.45, 2.75) is 43.4 Å². The molecule has 1 aliphatic carbocycles. The van der Waals surface area contributed by atoms with Crippen LogP contribution in [0.1, 0.15) is 32.1 Å². The van der Waals surface area contributed by atoms with Gasteiger partial charge in [0.2, 0.25) is 0 Å². The van der Waals surface area contributed by atoms with Crippen molar-refractivity contribution in [1.82, 2.24) is 0 Å². The molecule has 1 aromatic carbocycles. The van der Waals surface area contributed by atoms with Crippen LogP contribution in [0.2, 0.25) is 5.02 Å². The van der Waals surface area contributed by atoms with E-state index in [-0.39, 0.29) is 34.6 Å². The van der Waals surface area contributed by atoms with Crippen LogP contribution in [-0.2, 0) is 14.6 Å². The summed E-state index contributed by atoms with van der Waals surface area (Å²) in [5, 5.41) is 1.11. The van der Waals surface area contributed by atoms with E-state index in [0.717, 1.165) is 31.4 Å². The lowest BCUT2D eigenvalue weighted by molar-refractivity contribution is -0.122. The van der Waals surface area contributed by atoms with Crippen LogP contribution in [0.5, 0.6) is 0 Å². The number of thioether (sulfide) groups is 1. The van der Waals surface area contributed by atoms with Gasteiger partial charge in [0.15, 0.2) is 15.0 Å². The van der Waals surface area contributed by atoms with Gasteiger partial charge in [0.1, 0.15) is 0 Å². The topological polar surface area (TPSA) is 66.8 Å². The SMILES string of the molecule is O=C(N=C1S[C@H]2CS(=O)(=O)C[C@@H]2N1c1cccc(Cl)c1)C1CCCCC1. The van der Waals surface area contributed by atoms with Crippen molar-refractivity contribution in [3.05, 3.63) is 29.3 Å². The Morgan fingerprint density at radius 2 is 1.96 bits per heavy atom. The summed E-state index contributed by atoms with van der Waals surface area (Å²) in [6.07, 6.45) is 5.15. The first-order chi connectivity index (χ1) is 12.4. The Morgan fingerprint density at radius 1 is 1.19 bits per heavy atom. The van der Waals surface area contributed by atoms with Crippen LogP contribution in [0.25, 0.3) is 0 Å². The molecule has 3 fully saturated rings. The minimum atomic E-state index is -3.06. The number of anilines is 1. The molecule has 0 aromatic heterocycles. The van der Waals surface area contributed by atoms with Crippen molar-refractivity contribution in [1.29, 1.82) is 0 Å². The average molecular weight is 413 g/mol. The number of hydrogen-bond acceptors (Lipinski definition) is 4. The lowest BCUT2D eigenvalue weighted by Crippen LogP contribution is -2.38. The van der Waals surface area contributed by atoms with Crippen LogP contribution < -0.4 is 4.90 Å². The number of nitrogens with zero attached hydrogens (tertiary/aromatic N) is 2. The summed E-state index contributed by atoms with van der Waals surface area (Å²) in [7, 11) is -3.06. The highest BCUT2D eigenvalue weighted by atomic mass is 35.5. The number of halogens is 1. The molecular formula is C18H21ClN2O3S2. The summed E-state index contributed by atoms with van der Waals surface area (Å²) in [5.41, 5.74) is 0.796. The van der Waals surface area contributed by atoms with Gasteiger partial charge in [0, 0.05) is 21.9 Å². The zero-order chi connectivity index (χ0) is 18.3. The minimum absolute atomic E-state index is 0.00207. The lowest BCUT2D eigenvalue weighted by atomic mass is 9.89. The second kappa shape index (κ2) is 7.17. The first kappa shape index (κ1) is 18.3. The van der Waals surface area contributed by atoms with E-state index >= 15 is 0 Å². The zero-order valence-electron chi connectivity index (χ0n) is 14.3. The number of aliphatic imine (C=N–C) groups is 1. The Hall–Kier alpha value is -1.05. The van der Waals surface area contributed by atoms with Gasteiger partial charge >= 0.3 is 0 Å². The maximum atomic E-state index is 12.7. The third kappa shape index (κ3) is 3.66. The van der Waals surface area contributed by atoms with Crippen molar-refractivity contribution in [2.24, 2.45) is 10.9 Å². The van der Waals surface area contributed by atoms with Crippen LogP contribution in [0.4, 0.5) is 5.69 Å². The molecule has 2 atom stereocenters. The van der Waals surface area contributed by atoms with Crippen molar-refractivity contribution >= 4 is 50.0 Å². The molecule has 8 heteroatoms. The summed E-state index contributed by atoms with van der Waals surface area (Å²) >= 11 is 7.56. The molecule has 3 aliphatic rings. The molecule has 1 aromatic rings. The third-order valence-corrected chi connectivity index (χ3v) is 8.76. The van der Waals surface area contributed by atoms with E-state index in [1.54, 1.807) is 12.1 Å². The lowest BCUT2D eigenvalue weighted by Gasteiger charge is -2.25. The summed E-state index contributed by atoms with van der Waals surface area (Å²) in [4.78, 5) is 19.0. The van der Waals surface area contributed by atoms with E-state index < -0.39 is 9.84 Å². The molecule has 2 heterocycles. The summed E-state index contributed by atoms with van der Waals surface area (Å²) in [6.45, 7) is 0. The molecule has 1 amide bonds. The molecule has 0 unspecified atom stereocenters. The smallest absolute Gasteiger partial charge is 0.251 e. The van der Waals surface area contributed by atoms with Crippen LogP contribution in [0, 0.1) is 5.92 Å². The third-order valence-electron chi connectivity index (χ3n) is 5.31. The summed E-state index contributed by atoms with van der Waals surface area (Å²) in [6, 6.07) is 7.11. The van der Waals surface area contributed by atoms with Crippen LogP contribution in [0.3, 0.4) is 0 Å². The standard InChI is InChI=1S/C18H21ClN2O3S2/c19-13-7-4-8-14(9-13)21-15-10-26(23,24)11-16(15)25-18(21)20-17(22)12-5-2-1-3-6-12/h4,7-9,12,15-16H,1-3,5-6,10-11H2/t15-,16-/m0/s1. The van der Waals surface area contributed by atoms with Crippen LogP contribution in [0.15, 0.2) is 29.3 Å². The molecule has 140 valence electrons. The number of benzene rings is 1. The van der Waals surface area contributed by atoms with E-state index in [4.69, 9.17) is 11.6 Å². The van der Waals surface area contributed by atoms with Gasteiger partial charge in [-0.3, -0.25) is 4.79 Å². The number of rotatable bonds is 2. The second-order valence-corrected chi connectivity index (χ2v) is 11.0. The maximum absolute atomic E-state index is 12.7. The van der Waals surface area contributed by atoms with Gasteiger partial charge in [0.05, 0.1) is 17.5 Å². The Bertz CT molecular complexity index is 850.